The summed E-state index contributed by atoms with van der Waals surface area (Å²) in [6.07, 6.45) is 0. The van der Waals surface area contributed by atoms with Gasteiger partial charge in [0.25, 0.3) is 5.91 Å². The number of nitrogens with two attached hydrogens (primary N) is 1. The molecule has 2 heterocycles. The lowest BCUT2D eigenvalue weighted by molar-refractivity contribution is 0.102. The average Bonchev–Trinajstić information content (AvgIpc) is 2.73. The molecule has 0 aliphatic rings. The Balaban J connectivity index is 2.20. The van der Waals surface area contributed by atoms with E-state index in [9.17, 15) is 4.79 Å². The van der Waals surface area contributed by atoms with Crippen molar-refractivity contribution in [2.75, 3.05) is 10.7 Å². The van der Waals surface area contributed by atoms with Crippen molar-refractivity contribution in [3.63, 3.8) is 0 Å². The van der Waals surface area contributed by atoms with E-state index in [1.165, 1.54) is 12.1 Å². The van der Waals surface area contributed by atoms with E-state index in [1.54, 1.807) is 6.92 Å². The molecule has 2 rings (SSSR count). The van der Waals surface area contributed by atoms with Crippen molar-refractivity contribution >= 4 is 29.3 Å². The monoisotopic (exact) mass is 268 g/mol. The number of hydrazine groups is 1. The number of hydrogen-bond donors (Lipinski definition) is 3. The molecule has 4 N–H and O–H groups in total. The third kappa shape index (κ3) is 2.73. The summed E-state index contributed by atoms with van der Waals surface area (Å²) in [7, 11) is 0. The van der Waals surface area contributed by atoms with Crippen LogP contribution in [0.3, 0.4) is 0 Å². The molecule has 0 fully saturated rings. The molecule has 0 radical (unpaired) electrons. The maximum absolute atomic E-state index is 11.8. The van der Waals surface area contributed by atoms with Gasteiger partial charge in [0.05, 0.1) is 0 Å². The fraction of sp³-hybridized carbons (Fsp3) is 0.111. The maximum atomic E-state index is 11.8. The van der Waals surface area contributed by atoms with E-state index >= 15 is 0 Å². The van der Waals surface area contributed by atoms with Crippen LogP contribution >= 0.6 is 11.6 Å². The summed E-state index contributed by atoms with van der Waals surface area (Å²) < 4.78 is 5.02. The topological polar surface area (TPSA) is 119 Å². The number of aryl methyl sites for hydroxylation is 1. The summed E-state index contributed by atoms with van der Waals surface area (Å²) in [5.74, 6) is 5.36. The minimum Gasteiger partial charge on any atom is -0.408 e. The summed E-state index contributed by atoms with van der Waals surface area (Å²) in [6.45, 7) is 1.61. The number of nitrogens with one attached hydrogen (secondary N) is 2. The van der Waals surface area contributed by atoms with Crippen LogP contribution in [0.4, 0.5) is 11.8 Å². The molecule has 18 heavy (non-hydrogen) atoms. The lowest BCUT2D eigenvalue weighted by Gasteiger charge is -2.04. The number of halogens is 1. The van der Waals surface area contributed by atoms with Crippen LogP contribution in [0.25, 0.3) is 0 Å². The van der Waals surface area contributed by atoms with Gasteiger partial charge < -0.3 is 9.84 Å². The number of rotatable bonds is 3. The smallest absolute Gasteiger partial charge is 0.322 e. The first-order valence-corrected chi connectivity index (χ1v) is 5.22. The largest absolute Gasteiger partial charge is 0.408 e. The van der Waals surface area contributed by atoms with Gasteiger partial charge in [-0.3, -0.25) is 10.1 Å². The molecule has 0 unspecified atom stereocenters. The SMILES string of the molecule is Cc1nnc(NC(=O)c2cc(Cl)nc(NN)c2)o1. The van der Waals surface area contributed by atoms with Gasteiger partial charge in [0, 0.05) is 12.5 Å². The number of carbonyl (C=O) groups is 1. The molecular weight excluding hydrogens is 260 g/mol. The van der Waals surface area contributed by atoms with E-state index in [1.807, 2.05) is 0 Å². The molecule has 1 amide bonds. The Bertz CT molecular complexity index is 584. The Morgan fingerprint density at radius 2 is 2.22 bits per heavy atom. The molecule has 0 spiro atoms. The van der Waals surface area contributed by atoms with E-state index in [4.69, 9.17) is 21.9 Å². The number of carbonyl (C=O) groups excluding carboxylic acids is 1. The second kappa shape index (κ2) is 4.98. The Morgan fingerprint density at radius 3 is 2.83 bits per heavy atom. The van der Waals surface area contributed by atoms with Gasteiger partial charge in [-0.25, -0.2) is 10.8 Å². The fourth-order valence-corrected chi connectivity index (χ4v) is 1.43. The third-order valence-corrected chi connectivity index (χ3v) is 2.14. The molecule has 9 heteroatoms. The van der Waals surface area contributed by atoms with Crippen LogP contribution in [0.2, 0.25) is 5.15 Å². The lowest BCUT2D eigenvalue weighted by Crippen LogP contribution is -2.14. The molecule has 0 aromatic carbocycles. The number of amides is 1. The molecule has 0 saturated carbocycles. The molecule has 0 bridgehead atoms. The van der Waals surface area contributed by atoms with E-state index in [0.29, 0.717) is 5.89 Å². The van der Waals surface area contributed by atoms with Crippen molar-refractivity contribution in [2.24, 2.45) is 5.84 Å². The fourth-order valence-electron chi connectivity index (χ4n) is 1.22. The second-order valence-corrected chi connectivity index (χ2v) is 3.68. The maximum Gasteiger partial charge on any atom is 0.322 e. The van der Waals surface area contributed by atoms with Crippen LogP contribution in [-0.2, 0) is 0 Å². The van der Waals surface area contributed by atoms with Crippen LogP contribution in [-0.4, -0.2) is 21.1 Å². The lowest BCUT2D eigenvalue weighted by atomic mass is 10.2. The van der Waals surface area contributed by atoms with Crippen LogP contribution in [0, 0.1) is 6.92 Å². The van der Waals surface area contributed by atoms with Crippen LogP contribution in [0.5, 0.6) is 0 Å². The second-order valence-electron chi connectivity index (χ2n) is 3.29. The summed E-state index contributed by atoms with van der Waals surface area (Å²) in [5.41, 5.74) is 2.57. The number of nitrogen functional groups attached to an aromatic ring is 1. The van der Waals surface area contributed by atoms with Crippen LogP contribution in [0.15, 0.2) is 16.5 Å². The zero-order valence-electron chi connectivity index (χ0n) is 9.27. The number of nitrogens with zero attached hydrogens (tertiary/aromatic N) is 3. The molecule has 8 nitrogen and oxygen atoms in total. The number of hydrogen-bond acceptors (Lipinski definition) is 7. The van der Waals surface area contributed by atoms with Crippen molar-refractivity contribution < 1.29 is 9.21 Å². The zero-order chi connectivity index (χ0) is 13.1. The standard InChI is InChI=1S/C9H9ClN6O2/c1-4-15-16-9(18-4)13-8(17)5-2-6(10)12-7(3-5)14-11/h2-3H,11H2,1H3,(H,12,14)(H,13,16,17). The molecule has 2 aromatic heterocycles. The predicted octanol–water partition coefficient (Wildman–Crippen LogP) is 0.964. The number of aromatic nitrogens is 3. The summed E-state index contributed by atoms with van der Waals surface area (Å²) in [4.78, 5) is 15.7. The summed E-state index contributed by atoms with van der Waals surface area (Å²) in [5, 5.41) is 9.78. The highest BCUT2D eigenvalue weighted by atomic mass is 35.5. The van der Waals surface area contributed by atoms with Gasteiger partial charge >= 0.3 is 6.01 Å². The van der Waals surface area contributed by atoms with Gasteiger partial charge in [-0.05, 0) is 12.1 Å². The van der Waals surface area contributed by atoms with Gasteiger partial charge in [0.1, 0.15) is 11.0 Å². The first-order chi connectivity index (χ1) is 8.58. The highest BCUT2D eigenvalue weighted by molar-refractivity contribution is 6.30. The van der Waals surface area contributed by atoms with E-state index in [2.05, 4.69) is 25.9 Å². The summed E-state index contributed by atoms with van der Waals surface area (Å²) in [6, 6.07) is 2.83. The van der Waals surface area contributed by atoms with Crippen molar-refractivity contribution in [2.45, 2.75) is 6.92 Å². The number of anilines is 2. The average molecular weight is 269 g/mol. The molecule has 94 valence electrons. The minimum absolute atomic E-state index is 0.00712. The normalized spacial score (nSPS) is 10.2. The quantitative estimate of drug-likeness (QED) is 0.431. The van der Waals surface area contributed by atoms with Gasteiger partial charge in [0.15, 0.2) is 0 Å². The Morgan fingerprint density at radius 1 is 1.44 bits per heavy atom. The molecule has 0 atom stereocenters. The molecule has 0 aliphatic carbocycles. The van der Waals surface area contributed by atoms with Gasteiger partial charge in [-0.1, -0.05) is 16.7 Å². The molecule has 0 aliphatic heterocycles. The zero-order valence-corrected chi connectivity index (χ0v) is 10.0. The molecular formula is C9H9ClN6O2. The highest BCUT2D eigenvalue weighted by Crippen LogP contribution is 2.15. The highest BCUT2D eigenvalue weighted by Gasteiger charge is 2.12. The van der Waals surface area contributed by atoms with Gasteiger partial charge in [0.2, 0.25) is 5.89 Å². The first-order valence-electron chi connectivity index (χ1n) is 4.84. The number of pyridine rings is 1. The van der Waals surface area contributed by atoms with E-state index in [0.717, 1.165) is 0 Å². The molecule has 0 saturated heterocycles. The first kappa shape index (κ1) is 12.3. The summed E-state index contributed by atoms with van der Waals surface area (Å²) >= 11 is 5.74. The van der Waals surface area contributed by atoms with Gasteiger partial charge in [-0.2, -0.15) is 0 Å². The third-order valence-electron chi connectivity index (χ3n) is 1.95. The van der Waals surface area contributed by atoms with Crippen LogP contribution in [0.1, 0.15) is 16.2 Å². The van der Waals surface area contributed by atoms with Crippen molar-refractivity contribution in [3.05, 3.63) is 28.7 Å². The Labute approximate surface area is 107 Å². The predicted molar refractivity (Wildman–Crippen MR) is 64.0 cm³/mol. The van der Waals surface area contributed by atoms with Crippen molar-refractivity contribution in [1.29, 1.82) is 0 Å². The molecule has 2 aromatic rings. The van der Waals surface area contributed by atoms with Crippen molar-refractivity contribution in [1.82, 2.24) is 15.2 Å². The minimum atomic E-state index is -0.459. The van der Waals surface area contributed by atoms with E-state index < -0.39 is 5.91 Å². The van der Waals surface area contributed by atoms with E-state index in [-0.39, 0.29) is 22.5 Å². The van der Waals surface area contributed by atoms with Crippen molar-refractivity contribution in [3.8, 4) is 0 Å². The Kier molecular flexibility index (Phi) is 3.40. The van der Waals surface area contributed by atoms with Gasteiger partial charge in [-0.15, -0.1) is 5.10 Å². The Hall–Kier alpha value is -2.19. The van der Waals surface area contributed by atoms with Crippen LogP contribution < -0.4 is 16.6 Å².